The van der Waals surface area contributed by atoms with E-state index in [2.05, 4.69) is 29.4 Å². The molecular weight excluding hydrogens is 250 g/mol. The summed E-state index contributed by atoms with van der Waals surface area (Å²) in [6.45, 7) is 2.97. The highest BCUT2D eigenvalue weighted by molar-refractivity contribution is 5.46. The van der Waals surface area contributed by atoms with Crippen molar-refractivity contribution < 1.29 is 4.74 Å². The molecule has 0 saturated carbocycles. The Morgan fingerprint density at radius 2 is 2.00 bits per heavy atom. The molecule has 0 aliphatic heterocycles. The fourth-order valence-electron chi connectivity index (χ4n) is 2.24. The molecule has 0 aliphatic rings. The topological polar surface area (TPSA) is 60.2 Å². The van der Waals surface area contributed by atoms with Crippen LogP contribution in [-0.2, 0) is 6.42 Å². The van der Waals surface area contributed by atoms with E-state index in [0.29, 0.717) is 0 Å². The summed E-state index contributed by atoms with van der Waals surface area (Å²) >= 11 is 0. The predicted octanol–water partition coefficient (Wildman–Crippen LogP) is 2.57. The fourth-order valence-corrected chi connectivity index (χ4v) is 2.24. The van der Waals surface area contributed by atoms with Gasteiger partial charge in [-0.3, -0.25) is 4.98 Å². The number of nitrogens with two attached hydrogens (primary N) is 1. The van der Waals surface area contributed by atoms with Crippen molar-refractivity contribution in [2.24, 2.45) is 0 Å². The molecule has 106 valence electrons. The van der Waals surface area contributed by atoms with Crippen LogP contribution in [0.3, 0.4) is 0 Å². The lowest BCUT2D eigenvalue weighted by molar-refractivity contribution is 0.414. The minimum absolute atomic E-state index is 0.169. The summed E-state index contributed by atoms with van der Waals surface area (Å²) in [6.07, 6.45) is 4.43. The third-order valence-corrected chi connectivity index (χ3v) is 3.31. The van der Waals surface area contributed by atoms with Crippen molar-refractivity contribution in [1.29, 1.82) is 0 Å². The zero-order chi connectivity index (χ0) is 14.4. The van der Waals surface area contributed by atoms with Crippen molar-refractivity contribution in [2.75, 3.05) is 19.4 Å². The first-order valence-corrected chi connectivity index (χ1v) is 6.80. The average molecular weight is 271 g/mol. The van der Waals surface area contributed by atoms with Gasteiger partial charge in [0.05, 0.1) is 7.11 Å². The third kappa shape index (κ3) is 3.48. The van der Waals surface area contributed by atoms with E-state index >= 15 is 0 Å². The van der Waals surface area contributed by atoms with E-state index in [-0.39, 0.29) is 6.04 Å². The summed E-state index contributed by atoms with van der Waals surface area (Å²) in [5.74, 6) is 0.870. The molecule has 0 fully saturated rings. The van der Waals surface area contributed by atoms with E-state index in [9.17, 15) is 0 Å². The van der Waals surface area contributed by atoms with Crippen LogP contribution < -0.4 is 15.8 Å². The largest absolute Gasteiger partial charge is 0.497 e. The molecule has 4 nitrogen and oxygen atoms in total. The Morgan fingerprint density at radius 3 is 2.60 bits per heavy atom. The zero-order valence-electron chi connectivity index (χ0n) is 12.0. The number of likely N-dealkylation sites (N-methyl/N-ethyl adjacent to an activating group) is 1. The van der Waals surface area contributed by atoms with Crippen LogP contribution in [0.2, 0.25) is 0 Å². The maximum Gasteiger partial charge on any atom is 0.118 e. The summed E-state index contributed by atoms with van der Waals surface area (Å²) in [5, 5.41) is 3.47. The van der Waals surface area contributed by atoms with Gasteiger partial charge in [0.25, 0.3) is 0 Å². The van der Waals surface area contributed by atoms with Crippen molar-refractivity contribution >= 4 is 5.69 Å². The molecule has 4 heteroatoms. The van der Waals surface area contributed by atoms with Crippen molar-refractivity contribution in [3.8, 4) is 5.75 Å². The highest BCUT2D eigenvalue weighted by atomic mass is 16.5. The van der Waals surface area contributed by atoms with Crippen LogP contribution in [0.4, 0.5) is 5.69 Å². The minimum atomic E-state index is 0.169. The molecule has 3 N–H and O–H groups in total. The second-order valence-corrected chi connectivity index (χ2v) is 4.67. The minimum Gasteiger partial charge on any atom is -0.497 e. The molecule has 0 amide bonds. The normalized spacial score (nSPS) is 12.1. The van der Waals surface area contributed by atoms with Crippen LogP contribution in [-0.4, -0.2) is 18.6 Å². The van der Waals surface area contributed by atoms with Gasteiger partial charge in [0.15, 0.2) is 0 Å². The summed E-state index contributed by atoms with van der Waals surface area (Å²) < 4.78 is 5.18. The van der Waals surface area contributed by atoms with Crippen LogP contribution in [0, 0.1) is 0 Å². The number of rotatable bonds is 6. The molecule has 0 radical (unpaired) electrons. The summed E-state index contributed by atoms with van der Waals surface area (Å²) in [4.78, 5) is 4.18. The third-order valence-electron chi connectivity index (χ3n) is 3.31. The van der Waals surface area contributed by atoms with Gasteiger partial charge in [0.2, 0.25) is 0 Å². The Bertz CT molecular complexity index is 540. The quantitative estimate of drug-likeness (QED) is 0.847. The Labute approximate surface area is 120 Å². The van der Waals surface area contributed by atoms with Crippen LogP contribution in [0.15, 0.2) is 42.7 Å². The maximum absolute atomic E-state index is 6.05. The zero-order valence-corrected chi connectivity index (χ0v) is 12.0. The SMILES string of the molecule is CCNC(Cc1ccc(OC)cc1)c1cnccc1N. The number of pyridine rings is 1. The number of nitrogens with one attached hydrogen (secondary N) is 1. The molecule has 1 aromatic carbocycles. The van der Waals surface area contributed by atoms with Gasteiger partial charge in [-0.2, -0.15) is 0 Å². The number of ether oxygens (including phenoxy) is 1. The molecule has 1 heterocycles. The second-order valence-electron chi connectivity index (χ2n) is 4.67. The van der Waals surface area contributed by atoms with Crippen molar-refractivity contribution in [2.45, 2.75) is 19.4 Å². The number of anilines is 1. The van der Waals surface area contributed by atoms with Gasteiger partial charge in [0.1, 0.15) is 5.75 Å². The van der Waals surface area contributed by atoms with E-state index in [0.717, 1.165) is 30.0 Å². The predicted molar refractivity (Wildman–Crippen MR) is 81.8 cm³/mol. The lowest BCUT2D eigenvalue weighted by Crippen LogP contribution is -2.24. The van der Waals surface area contributed by atoms with E-state index in [1.54, 1.807) is 13.3 Å². The van der Waals surface area contributed by atoms with Gasteiger partial charge in [-0.15, -0.1) is 0 Å². The lowest BCUT2D eigenvalue weighted by Gasteiger charge is -2.19. The molecule has 1 atom stereocenters. The summed E-state index contributed by atoms with van der Waals surface area (Å²) in [7, 11) is 1.67. The van der Waals surface area contributed by atoms with E-state index in [4.69, 9.17) is 10.5 Å². The van der Waals surface area contributed by atoms with Crippen LogP contribution >= 0.6 is 0 Å². The monoisotopic (exact) mass is 271 g/mol. The average Bonchev–Trinajstić information content (AvgIpc) is 2.48. The molecule has 0 spiro atoms. The molecule has 2 aromatic rings. The van der Waals surface area contributed by atoms with Gasteiger partial charge >= 0.3 is 0 Å². The first-order valence-electron chi connectivity index (χ1n) is 6.80. The number of aromatic nitrogens is 1. The fraction of sp³-hybridized carbons (Fsp3) is 0.312. The standard InChI is InChI=1S/C16H21N3O/c1-3-19-16(14-11-18-9-8-15(14)17)10-12-4-6-13(20-2)7-5-12/h4-9,11,16,19H,3,10H2,1-2H3,(H2,17,18). The number of benzene rings is 1. The Balaban J connectivity index is 2.18. The summed E-state index contributed by atoms with van der Waals surface area (Å²) in [6, 6.07) is 10.1. The molecule has 20 heavy (non-hydrogen) atoms. The molecule has 1 unspecified atom stereocenters. The van der Waals surface area contributed by atoms with Gasteiger partial charge in [-0.25, -0.2) is 0 Å². The van der Waals surface area contributed by atoms with Gasteiger partial charge in [-0.05, 0) is 36.7 Å². The number of nitrogens with zero attached hydrogens (tertiary/aromatic N) is 1. The number of nitrogen functional groups attached to an aromatic ring is 1. The smallest absolute Gasteiger partial charge is 0.118 e. The number of hydrogen-bond acceptors (Lipinski definition) is 4. The molecule has 2 rings (SSSR count). The Morgan fingerprint density at radius 1 is 1.25 bits per heavy atom. The van der Waals surface area contributed by atoms with Crippen LogP contribution in [0.5, 0.6) is 5.75 Å². The second kappa shape index (κ2) is 6.91. The van der Waals surface area contributed by atoms with Gasteiger partial charge < -0.3 is 15.8 Å². The molecule has 0 saturated heterocycles. The van der Waals surface area contributed by atoms with E-state index in [1.807, 2.05) is 24.4 Å². The van der Waals surface area contributed by atoms with Gasteiger partial charge in [-0.1, -0.05) is 19.1 Å². The van der Waals surface area contributed by atoms with Crippen molar-refractivity contribution in [3.63, 3.8) is 0 Å². The molecule has 1 aromatic heterocycles. The van der Waals surface area contributed by atoms with Gasteiger partial charge in [0, 0.05) is 29.7 Å². The maximum atomic E-state index is 6.05. The Hall–Kier alpha value is -2.07. The van der Waals surface area contributed by atoms with Crippen molar-refractivity contribution in [3.05, 3.63) is 53.9 Å². The molecular formula is C16H21N3O. The van der Waals surface area contributed by atoms with Crippen LogP contribution in [0.1, 0.15) is 24.1 Å². The van der Waals surface area contributed by atoms with E-state index in [1.165, 1.54) is 5.56 Å². The van der Waals surface area contributed by atoms with Crippen LogP contribution in [0.25, 0.3) is 0 Å². The highest BCUT2D eigenvalue weighted by Crippen LogP contribution is 2.23. The number of hydrogen-bond donors (Lipinski definition) is 2. The lowest BCUT2D eigenvalue weighted by atomic mass is 9.99. The Kier molecular flexibility index (Phi) is 4.96. The van der Waals surface area contributed by atoms with Crippen molar-refractivity contribution in [1.82, 2.24) is 10.3 Å². The molecule has 0 aliphatic carbocycles. The first kappa shape index (κ1) is 14.3. The molecule has 0 bridgehead atoms. The highest BCUT2D eigenvalue weighted by Gasteiger charge is 2.14. The number of methoxy groups -OCH3 is 1. The summed E-state index contributed by atoms with van der Waals surface area (Å²) in [5.41, 5.74) is 9.11. The first-order chi connectivity index (χ1) is 9.74. The van der Waals surface area contributed by atoms with E-state index < -0.39 is 0 Å².